The van der Waals surface area contributed by atoms with Crippen LogP contribution in [0.4, 0.5) is 11.5 Å². The molecule has 0 aliphatic rings. The number of nitrogens with zero attached hydrogens (tertiary/aromatic N) is 5. The summed E-state index contributed by atoms with van der Waals surface area (Å²) in [5.41, 5.74) is 0.713. The van der Waals surface area contributed by atoms with E-state index in [1.165, 1.54) is 16.0 Å². The van der Waals surface area contributed by atoms with E-state index in [1.807, 2.05) is 0 Å². The highest BCUT2D eigenvalue weighted by Crippen LogP contribution is 2.30. The number of hydrogen-bond donors (Lipinski definition) is 1. The molecule has 120 valence electrons. The molecule has 0 aliphatic carbocycles. The number of nitro groups is 1. The summed E-state index contributed by atoms with van der Waals surface area (Å²) in [4.78, 5) is 31.6. The predicted molar refractivity (Wildman–Crippen MR) is 86.9 cm³/mol. The van der Waals surface area contributed by atoms with Crippen LogP contribution in [0, 0.1) is 17.0 Å². The number of aromatic nitrogens is 4. The smallest absolute Gasteiger partial charge is 0.333 e. The number of hydrogen-bond acceptors (Lipinski definition) is 7. The maximum atomic E-state index is 12.0. The van der Waals surface area contributed by atoms with Gasteiger partial charge in [0.25, 0.3) is 5.56 Å². The van der Waals surface area contributed by atoms with Crippen molar-refractivity contribution < 1.29 is 4.92 Å². The first-order valence-corrected chi connectivity index (χ1v) is 7.62. The van der Waals surface area contributed by atoms with Gasteiger partial charge in [0, 0.05) is 14.1 Å². The highest BCUT2D eigenvalue weighted by atomic mass is 32.1. The van der Waals surface area contributed by atoms with E-state index in [-0.39, 0.29) is 17.8 Å². The number of anilines is 1. The summed E-state index contributed by atoms with van der Waals surface area (Å²) in [5, 5.41) is 17.2. The van der Waals surface area contributed by atoms with Crippen LogP contribution in [0.15, 0.2) is 16.2 Å². The second-order valence-electron chi connectivity index (χ2n) is 5.14. The van der Waals surface area contributed by atoms with Crippen LogP contribution in [0.5, 0.6) is 0 Å². The number of nitrogens with one attached hydrogen (secondary N) is 1. The Morgan fingerprint density at radius 3 is 2.96 bits per heavy atom. The van der Waals surface area contributed by atoms with Crippen molar-refractivity contribution in [1.82, 2.24) is 19.7 Å². The zero-order chi connectivity index (χ0) is 16.7. The molecule has 10 heteroatoms. The van der Waals surface area contributed by atoms with Crippen molar-refractivity contribution in [2.24, 2.45) is 7.05 Å². The Labute approximate surface area is 134 Å². The largest absolute Gasteiger partial charge is 0.347 e. The molecular formula is C13H14N6O3S. The summed E-state index contributed by atoms with van der Waals surface area (Å²) in [5.74, 6) is 0.803. The first kappa shape index (κ1) is 15.2. The first-order valence-electron chi connectivity index (χ1n) is 6.74. The van der Waals surface area contributed by atoms with Crippen molar-refractivity contribution in [3.05, 3.63) is 43.4 Å². The van der Waals surface area contributed by atoms with Gasteiger partial charge in [-0.2, -0.15) is 5.10 Å². The molecule has 0 unspecified atom stereocenters. The van der Waals surface area contributed by atoms with Gasteiger partial charge in [0.05, 0.1) is 17.0 Å². The molecule has 3 heterocycles. The van der Waals surface area contributed by atoms with E-state index in [1.54, 1.807) is 37.4 Å². The monoisotopic (exact) mass is 334 g/mol. The molecule has 9 nitrogen and oxygen atoms in total. The molecule has 0 spiro atoms. The molecule has 23 heavy (non-hydrogen) atoms. The Morgan fingerprint density at radius 1 is 1.52 bits per heavy atom. The van der Waals surface area contributed by atoms with Crippen molar-refractivity contribution in [2.75, 3.05) is 11.9 Å². The number of H-pyrrole nitrogens is 1. The van der Waals surface area contributed by atoms with Crippen LogP contribution in [0.3, 0.4) is 0 Å². The second-order valence-corrected chi connectivity index (χ2v) is 6.06. The van der Waals surface area contributed by atoms with E-state index in [9.17, 15) is 14.9 Å². The van der Waals surface area contributed by atoms with Gasteiger partial charge in [0.1, 0.15) is 16.2 Å². The Balaban J connectivity index is 1.99. The van der Waals surface area contributed by atoms with Crippen molar-refractivity contribution in [2.45, 2.75) is 13.5 Å². The Morgan fingerprint density at radius 2 is 2.26 bits per heavy atom. The molecule has 0 fully saturated rings. The molecular weight excluding hydrogens is 320 g/mol. The fraction of sp³-hybridized carbons (Fsp3) is 0.308. The van der Waals surface area contributed by atoms with Gasteiger partial charge >= 0.3 is 5.69 Å². The Kier molecular flexibility index (Phi) is 3.60. The van der Waals surface area contributed by atoms with Crippen LogP contribution in [0.2, 0.25) is 0 Å². The summed E-state index contributed by atoms with van der Waals surface area (Å²) in [6, 6.07) is 1.77. The highest BCUT2D eigenvalue weighted by Gasteiger charge is 2.27. The molecule has 0 atom stereocenters. The topological polar surface area (TPSA) is 110 Å². The minimum atomic E-state index is -0.452. The minimum absolute atomic E-state index is 0.0473. The van der Waals surface area contributed by atoms with Crippen molar-refractivity contribution >= 4 is 33.1 Å². The van der Waals surface area contributed by atoms with Crippen LogP contribution >= 0.6 is 11.3 Å². The molecule has 0 bridgehead atoms. The Bertz CT molecular complexity index is 956. The third-order valence-electron chi connectivity index (χ3n) is 3.46. The fourth-order valence-corrected chi connectivity index (χ4v) is 3.30. The van der Waals surface area contributed by atoms with Crippen LogP contribution in [-0.2, 0) is 13.6 Å². The molecule has 0 aromatic carbocycles. The van der Waals surface area contributed by atoms with E-state index in [0.717, 1.165) is 0 Å². The zero-order valence-corrected chi connectivity index (χ0v) is 13.5. The lowest BCUT2D eigenvalue weighted by molar-refractivity contribution is -0.384. The number of aryl methyl sites for hydroxylation is 2. The normalized spacial score (nSPS) is 11.1. The number of aromatic amines is 1. The first-order chi connectivity index (χ1) is 10.9. The van der Waals surface area contributed by atoms with Crippen molar-refractivity contribution in [3.63, 3.8) is 0 Å². The predicted octanol–water partition coefficient (Wildman–Crippen LogP) is 1.57. The van der Waals surface area contributed by atoms with Gasteiger partial charge in [-0.05, 0) is 18.4 Å². The lowest BCUT2D eigenvalue weighted by Crippen LogP contribution is -2.23. The summed E-state index contributed by atoms with van der Waals surface area (Å²) in [7, 11) is 3.34. The summed E-state index contributed by atoms with van der Waals surface area (Å²) in [6.45, 7) is 1.81. The van der Waals surface area contributed by atoms with E-state index >= 15 is 0 Å². The van der Waals surface area contributed by atoms with E-state index in [4.69, 9.17) is 0 Å². The molecule has 0 amide bonds. The molecule has 3 aromatic heterocycles. The lowest BCUT2D eigenvalue weighted by atomic mass is 10.3. The number of fused-ring (bicyclic) bond motifs is 1. The van der Waals surface area contributed by atoms with Gasteiger partial charge in [0.15, 0.2) is 0 Å². The lowest BCUT2D eigenvalue weighted by Gasteiger charge is -2.17. The van der Waals surface area contributed by atoms with Crippen LogP contribution in [0.25, 0.3) is 10.2 Å². The number of thiophene rings is 1. The van der Waals surface area contributed by atoms with Crippen LogP contribution in [-0.4, -0.2) is 31.7 Å². The average molecular weight is 334 g/mol. The van der Waals surface area contributed by atoms with Gasteiger partial charge in [0.2, 0.25) is 5.82 Å². The van der Waals surface area contributed by atoms with Crippen molar-refractivity contribution in [3.8, 4) is 0 Å². The summed E-state index contributed by atoms with van der Waals surface area (Å²) >= 11 is 1.33. The zero-order valence-electron chi connectivity index (χ0n) is 12.7. The highest BCUT2D eigenvalue weighted by molar-refractivity contribution is 7.17. The van der Waals surface area contributed by atoms with Crippen LogP contribution in [0.1, 0.15) is 11.5 Å². The molecule has 3 rings (SSSR count). The van der Waals surface area contributed by atoms with Gasteiger partial charge in [-0.15, -0.1) is 11.3 Å². The van der Waals surface area contributed by atoms with Gasteiger partial charge < -0.3 is 9.88 Å². The second kappa shape index (κ2) is 5.47. The van der Waals surface area contributed by atoms with Crippen molar-refractivity contribution in [1.29, 1.82) is 0 Å². The average Bonchev–Trinajstić information content (AvgIpc) is 3.02. The standard InChI is InChI=1S/C13H14N6O3S/c1-7-10(19(21)22)13(18(3)16-7)17(2)6-9-14-8-4-5-23-11(8)12(20)15-9/h4-5H,6H2,1-3H3,(H,14,15,20). The van der Waals surface area contributed by atoms with Gasteiger partial charge in [-0.3, -0.25) is 14.9 Å². The van der Waals surface area contributed by atoms with E-state index < -0.39 is 4.92 Å². The van der Waals surface area contributed by atoms with E-state index in [2.05, 4.69) is 15.1 Å². The number of rotatable bonds is 4. The third kappa shape index (κ3) is 2.57. The van der Waals surface area contributed by atoms with Crippen LogP contribution < -0.4 is 10.5 Å². The van der Waals surface area contributed by atoms with E-state index in [0.29, 0.717) is 27.6 Å². The SMILES string of the molecule is Cc1nn(C)c(N(C)Cc2nc3ccsc3c(=O)[nH]2)c1[N+](=O)[O-]. The Hall–Kier alpha value is -2.75. The fourth-order valence-electron chi connectivity index (χ4n) is 2.57. The van der Waals surface area contributed by atoms with Gasteiger partial charge in [-0.1, -0.05) is 0 Å². The molecule has 0 saturated carbocycles. The molecule has 3 aromatic rings. The summed E-state index contributed by atoms with van der Waals surface area (Å²) < 4.78 is 2.02. The third-order valence-corrected chi connectivity index (χ3v) is 4.36. The maximum absolute atomic E-state index is 12.0. The quantitative estimate of drug-likeness (QED) is 0.573. The minimum Gasteiger partial charge on any atom is -0.347 e. The molecule has 0 radical (unpaired) electrons. The van der Waals surface area contributed by atoms with Gasteiger partial charge in [-0.25, -0.2) is 9.67 Å². The molecule has 1 N–H and O–H groups in total. The molecule has 0 saturated heterocycles. The summed E-state index contributed by atoms with van der Waals surface area (Å²) in [6.07, 6.45) is 0. The molecule has 0 aliphatic heterocycles. The maximum Gasteiger partial charge on any atom is 0.333 e.